The van der Waals surface area contributed by atoms with Gasteiger partial charge in [-0.2, -0.15) is 0 Å². The van der Waals surface area contributed by atoms with E-state index in [1.54, 1.807) is 0 Å². The van der Waals surface area contributed by atoms with E-state index in [9.17, 15) is 0 Å². The van der Waals surface area contributed by atoms with E-state index in [0.717, 1.165) is 12.0 Å². The first-order chi connectivity index (χ1) is 5.75. The summed E-state index contributed by atoms with van der Waals surface area (Å²) in [6.07, 6.45) is 1.43. The molecular weight excluding hydrogens is 148 g/mol. The highest BCUT2D eigenvalue weighted by Gasteiger charge is 2.30. The molecule has 2 fully saturated rings. The van der Waals surface area contributed by atoms with Gasteiger partial charge >= 0.3 is 0 Å². The van der Waals surface area contributed by atoms with Gasteiger partial charge in [0.2, 0.25) is 0 Å². The Hall–Kier alpha value is -0.0800. The summed E-state index contributed by atoms with van der Waals surface area (Å²) >= 11 is 0. The van der Waals surface area contributed by atoms with Crippen molar-refractivity contribution in [1.82, 2.24) is 9.80 Å². The van der Waals surface area contributed by atoms with Gasteiger partial charge in [0.15, 0.2) is 0 Å². The van der Waals surface area contributed by atoms with Crippen LogP contribution in [0.5, 0.6) is 0 Å². The van der Waals surface area contributed by atoms with Gasteiger partial charge in [-0.05, 0) is 39.3 Å². The second kappa shape index (κ2) is 3.35. The maximum atomic E-state index is 2.59. The zero-order chi connectivity index (χ0) is 8.55. The second-order valence-corrected chi connectivity index (χ2v) is 4.57. The monoisotopic (exact) mass is 168 g/mol. The molecule has 0 atom stereocenters. The Bertz CT molecular complexity index is 146. The van der Waals surface area contributed by atoms with Crippen LogP contribution < -0.4 is 0 Å². The summed E-state index contributed by atoms with van der Waals surface area (Å²) in [7, 11) is 0. The number of hydrogen-bond acceptors (Lipinski definition) is 2. The van der Waals surface area contributed by atoms with Crippen LogP contribution in [0, 0.1) is 5.92 Å². The maximum absolute atomic E-state index is 2.59. The normalized spacial score (nSPS) is 27.2. The van der Waals surface area contributed by atoms with E-state index < -0.39 is 0 Å². The van der Waals surface area contributed by atoms with Gasteiger partial charge in [0.05, 0.1) is 0 Å². The van der Waals surface area contributed by atoms with Crippen LogP contribution in [0.15, 0.2) is 0 Å². The summed E-state index contributed by atoms with van der Waals surface area (Å²) in [5, 5.41) is 0. The van der Waals surface area contributed by atoms with Crippen LogP contribution in [-0.2, 0) is 0 Å². The summed E-state index contributed by atoms with van der Waals surface area (Å²) in [5.74, 6) is 0.979. The molecule has 12 heavy (non-hydrogen) atoms. The van der Waals surface area contributed by atoms with Crippen LogP contribution in [0.4, 0.5) is 0 Å². The van der Waals surface area contributed by atoms with Crippen molar-refractivity contribution in [2.24, 2.45) is 5.92 Å². The Morgan fingerprint density at radius 2 is 1.92 bits per heavy atom. The van der Waals surface area contributed by atoms with Crippen LogP contribution in [-0.4, -0.2) is 48.6 Å². The Labute approximate surface area is 75.5 Å². The third-order valence-electron chi connectivity index (χ3n) is 3.18. The number of nitrogens with zero attached hydrogens (tertiary/aromatic N) is 2. The molecule has 2 aliphatic rings. The van der Waals surface area contributed by atoms with E-state index in [4.69, 9.17) is 0 Å². The lowest BCUT2D eigenvalue weighted by Gasteiger charge is -2.45. The predicted molar refractivity (Wildman–Crippen MR) is 51.3 cm³/mol. The van der Waals surface area contributed by atoms with Gasteiger partial charge in [0.25, 0.3) is 0 Å². The van der Waals surface area contributed by atoms with Crippen molar-refractivity contribution in [3.05, 3.63) is 0 Å². The molecule has 0 aromatic heterocycles. The average molecular weight is 168 g/mol. The third-order valence-corrected chi connectivity index (χ3v) is 3.18. The van der Waals surface area contributed by atoms with Gasteiger partial charge in [0.1, 0.15) is 0 Å². The first-order valence-corrected chi connectivity index (χ1v) is 5.22. The van der Waals surface area contributed by atoms with Crippen LogP contribution in [0.25, 0.3) is 0 Å². The molecule has 70 valence electrons. The first-order valence-electron chi connectivity index (χ1n) is 5.22. The molecule has 0 aliphatic carbocycles. The molecule has 2 nitrogen and oxygen atoms in total. The molecule has 0 aromatic carbocycles. The van der Waals surface area contributed by atoms with Gasteiger partial charge in [-0.3, -0.25) is 0 Å². The molecule has 0 radical (unpaired) electrons. The average Bonchev–Trinajstić information content (AvgIpc) is 1.79. The highest BCUT2D eigenvalue weighted by Crippen LogP contribution is 2.21. The number of likely N-dealkylation sites (tertiary alicyclic amines) is 2. The van der Waals surface area contributed by atoms with E-state index >= 15 is 0 Å². The van der Waals surface area contributed by atoms with Gasteiger partial charge in [-0.25, -0.2) is 0 Å². The van der Waals surface area contributed by atoms with Gasteiger partial charge < -0.3 is 9.80 Å². The largest absolute Gasteiger partial charge is 0.303 e. The number of hydrogen-bond donors (Lipinski definition) is 0. The molecule has 0 bridgehead atoms. The van der Waals surface area contributed by atoms with Crippen molar-refractivity contribution >= 4 is 0 Å². The smallest absolute Gasteiger partial charge is 0.00388 e. The summed E-state index contributed by atoms with van der Waals surface area (Å²) in [5.41, 5.74) is 0. The molecule has 0 N–H and O–H groups in total. The second-order valence-electron chi connectivity index (χ2n) is 4.57. The zero-order valence-electron chi connectivity index (χ0n) is 8.29. The molecule has 0 amide bonds. The van der Waals surface area contributed by atoms with Crippen LogP contribution in [0.3, 0.4) is 0 Å². The lowest BCUT2D eigenvalue weighted by atomic mass is 9.96. The minimum Gasteiger partial charge on any atom is -0.303 e. The van der Waals surface area contributed by atoms with E-state index in [-0.39, 0.29) is 0 Å². The highest BCUT2D eigenvalue weighted by molar-refractivity contribution is 4.85. The minimum atomic E-state index is 0.762. The fourth-order valence-electron chi connectivity index (χ4n) is 2.08. The van der Waals surface area contributed by atoms with Crippen molar-refractivity contribution in [2.75, 3.05) is 32.7 Å². The maximum Gasteiger partial charge on any atom is 0.00388 e. The molecular formula is C10H20N2. The Kier molecular flexibility index (Phi) is 2.37. The SMILES string of the molecule is CC(C)N1CC(CN2CCC2)C1. The molecule has 2 heteroatoms. The lowest BCUT2D eigenvalue weighted by Crippen LogP contribution is -2.55. The Morgan fingerprint density at radius 3 is 2.33 bits per heavy atom. The summed E-state index contributed by atoms with van der Waals surface area (Å²) in [4.78, 5) is 5.15. The van der Waals surface area contributed by atoms with E-state index in [0.29, 0.717) is 0 Å². The molecule has 2 saturated heterocycles. The third kappa shape index (κ3) is 1.64. The summed E-state index contributed by atoms with van der Waals surface area (Å²) in [6.45, 7) is 11.3. The predicted octanol–water partition coefficient (Wildman–Crippen LogP) is 1.03. The molecule has 0 unspecified atom stereocenters. The summed E-state index contributed by atoms with van der Waals surface area (Å²) < 4.78 is 0. The van der Waals surface area contributed by atoms with Gasteiger partial charge in [-0.15, -0.1) is 0 Å². The van der Waals surface area contributed by atoms with Crippen molar-refractivity contribution in [2.45, 2.75) is 26.3 Å². The van der Waals surface area contributed by atoms with Crippen LogP contribution in [0.1, 0.15) is 20.3 Å². The van der Waals surface area contributed by atoms with Crippen LogP contribution >= 0.6 is 0 Å². The summed E-state index contributed by atoms with van der Waals surface area (Å²) in [6, 6.07) is 0.762. The molecule has 2 rings (SSSR count). The standard InChI is InChI=1S/C10H20N2/c1-9(2)12-7-10(8-12)6-11-4-3-5-11/h9-10H,3-8H2,1-2H3. The van der Waals surface area contributed by atoms with Crippen LogP contribution in [0.2, 0.25) is 0 Å². The van der Waals surface area contributed by atoms with Crippen molar-refractivity contribution in [3.8, 4) is 0 Å². The lowest BCUT2D eigenvalue weighted by molar-refractivity contribution is 0.0275. The van der Waals surface area contributed by atoms with E-state index in [1.807, 2.05) is 0 Å². The van der Waals surface area contributed by atoms with Gasteiger partial charge in [-0.1, -0.05) is 0 Å². The van der Waals surface area contributed by atoms with Crippen molar-refractivity contribution < 1.29 is 0 Å². The van der Waals surface area contributed by atoms with E-state index in [2.05, 4.69) is 23.6 Å². The Balaban J connectivity index is 1.61. The van der Waals surface area contributed by atoms with Gasteiger partial charge in [0, 0.05) is 25.7 Å². The quantitative estimate of drug-likeness (QED) is 0.621. The minimum absolute atomic E-state index is 0.762. The van der Waals surface area contributed by atoms with Crippen molar-refractivity contribution in [3.63, 3.8) is 0 Å². The fourth-order valence-corrected chi connectivity index (χ4v) is 2.08. The molecule has 0 saturated carbocycles. The topological polar surface area (TPSA) is 6.48 Å². The molecule has 2 aliphatic heterocycles. The number of rotatable bonds is 3. The fraction of sp³-hybridized carbons (Fsp3) is 1.00. The molecule has 0 aromatic rings. The molecule has 0 spiro atoms. The highest BCUT2D eigenvalue weighted by atomic mass is 15.2. The Morgan fingerprint density at radius 1 is 1.25 bits per heavy atom. The zero-order valence-corrected chi connectivity index (χ0v) is 8.29. The van der Waals surface area contributed by atoms with E-state index in [1.165, 1.54) is 39.1 Å². The van der Waals surface area contributed by atoms with Crippen molar-refractivity contribution in [1.29, 1.82) is 0 Å². The first kappa shape index (κ1) is 8.52. The molecule has 2 heterocycles.